The van der Waals surface area contributed by atoms with Gasteiger partial charge in [-0.3, -0.25) is 4.79 Å². The minimum Gasteiger partial charge on any atom is -0.508 e. The fraction of sp³-hybridized carbons (Fsp3) is 0.417. The summed E-state index contributed by atoms with van der Waals surface area (Å²) >= 11 is 0. The van der Waals surface area contributed by atoms with Crippen molar-refractivity contribution in [3.63, 3.8) is 0 Å². The highest BCUT2D eigenvalue weighted by molar-refractivity contribution is 5.94. The number of benzene rings is 1. The molecule has 0 saturated carbocycles. The van der Waals surface area contributed by atoms with Crippen LogP contribution in [0.4, 0.5) is 0 Å². The zero-order valence-electron chi connectivity index (χ0n) is 9.31. The van der Waals surface area contributed by atoms with Crippen LogP contribution in [0.25, 0.3) is 0 Å². The topological polar surface area (TPSA) is 69.6 Å². The molecule has 0 saturated heterocycles. The van der Waals surface area contributed by atoms with Crippen LogP contribution in [0.15, 0.2) is 24.3 Å². The molecule has 4 heteroatoms. The number of phenolic OH excluding ortho intramolecular Hbond substituents is 1. The number of carbonyl (C=O) groups is 1. The van der Waals surface area contributed by atoms with Crippen molar-refractivity contribution < 1.29 is 15.0 Å². The predicted octanol–water partition coefficient (Wildman–Crippen LogP) is 1.28. The lowest BCUT2D eigenvalue weighted by Gasteiger charge is -2.13. The molecule has 1 amide bonds. The molecule has 0 bridgehead atoms. The number of hydrogen-bond acceptors (Lipinski definition) is 3. The fourth-order valence-corrected chi connectivity index (χ4v) is 1.39. The van der Waals surface area contributed by atoms with Gasteiger partial charge in [-0.25, -0.2) is 0 Å². The Bertz CT molecular complexity index is 335. The number of nitrogens with one attached hydrogen (secondary N) is 1. The van der Waals surface area contributed by atoms with Crippen molar-refractivity contribution in [2.45, 2.75) is 25.8 Å². The lowest BCUT2D eigenvalue weighted by atomic mass is 10.1. The van der Waals surface area contributed by atoms with Crippen molar-refractivity contribution in [2.75, 3.05) is 6.61 Å². The zero-order valence-corrected chi connectivity index (χ0v) is 9.31. The Kier molecular flexibility index (Phi) is 4.79. The van der Waals surface area contributed by atoms with E-state index >= 15 is 0 Å². The van der Waals surface area contributed by atoms with E-state index in [1.54, 1.807) is 12.1 Å². The summed E-state index contributed by atoms with van der Waals surface area (Å²) in [6.07, 6.45) is 1.43. The molecule has 1 unspecified atom stereocenters. The molecule has 0 heterocycles. The van der Waals surface area contributed by atoms with Gasteiger partial charge in [0.1, 0.15) is 5.75 Å². The third-order valence-electron chi connectivity index (χ3n) is 2.30. The molecule has 0 spiro atoms. The van der Waals surface area contributed by atoms with Gasteiger partial charge >= 0.3 is 0 Å². The van der Waals surface area contributed by atoms with Gasteiger partial charge in [-0.2, -0.15) is 0 Å². The largest absolute Gasteiger partial charge is 0.508 e. The van der Waals surface area contributed by atoms with Gasteiger partial charge in [-0.15, -0.1) is 0 Å². The van der Waals surface area contributed by atoms with Crippen LogP contribution in [0, 0.1) is 0 Å². The minimum atomic E-state index is -0.162. The van der Waals surface area contributed by atoms with Gasteiger partial charge in [0.2, 0.25) is 0 Å². The first-order valence-corrected chi connectivity index (χ1v) is 5.34. The van der Waals surface area contributed by atoms with Crippen LogP contribution < -0.4 is 5.32 Å². The molecule has 0 aliphatic heterocycles. The highest BCUT2D eigenvalue weighted by Crippen LogP contribution is 2.09. The molecule has 16 heavy (non-hydrogen) atoms. The second-order valence-corrected chi connectivity index (χ2v) is 3.79. The summed E-state index contributed by atoms with van der Waals surface area (Å²) in [4.78, 5) is 11.7. The van der Waals surface area contributed by atoms with Gasteiger partial charge in [-0.05, 0) is 44.0 Å². The van der Waals surface area contributed by atoms with E-state index in [0.717, 1.165) is 6.42 Å². The molecule has 0 aromatic heterocycles. The third kappa shape index (κ3) is 3.90. The van der Waals surface area contributed by atoms with Crippen LogP contribution in [0.5, 0.6) is 5.75 Å². The number of aliphatic hydroxyl groups excluding tert-OH is 1. The Labute approximate surface area is 94.9 Å². The first-order valence-electron chi connectivity index (χ1n) is 5.34. The average molecular weight is 223 g/mol. The Morgan fingerprint density at radius 2 is 2.00 bits per heavy atom. The summed E-state index contributed by atoms with van der Waals surface area (Å²) in [5.74, 6) is -0.0182. The van der Waals surface area contributed by atoms with Crippen LogP contribution in [-0.4, -0.2) is 28.8 Å². The normalized spacial score (nSPS) is 12.1. The fourth-order valence-electron chi connectivity index (χ4n) is 1.39. The molecule has 88 valence electrons. The molecule has 0 aliphatic rings. The van der Waals surface area contributed by atoms with Crippen molar-refractivity contribution in [3.05, 3.63) is 29.8 Å². The van der Waals surface area contributed by atoms with Crippen LogP contribution >= 0.6 is 0 Å². The van der Waals surface area contributed by atoms with Crippen LogP contribution in [-0.2, 0) is 0 Å². The zero-order chi connectivity index (χ0) is 12.0. The Balaban J connectivity index is 2.48. The van der Waals surface area contributed by atoms with Gasteiger partial charge in [0, 0.05) is 18.2 Å². The maximum atomic E-state index is 11.7. The van der Waals surface area contributed by atoms with Crippen LogP contribution in [0.1, 0.15) is 30.1 Å². The quantitative estimate of drug-likeness (QED) is 0.704. The molecular formula is C12H17NO3. The van der Waals surface area contributed by atoms with E-state index in [1.807, 2.05) is 6.92 Å². The number of amides is 1. The molecule has 0 aliphatic carbocycles. The second-order valence-electron chi connectivity index (χ2n) is 3.79. The summed E-state index contributed by atoms with van der Waals surface area (Å²) < 4.78 is 0. The lowest BCUT2D eigenvalue weighted by molar-refractivity contribution is 0.0936. The Morgan fingerprint density at radius 3 is 2.56 bits per heavy atom. The van der Waals surface area contributed by atoms with E-state index in [0.29, 0.717) is 12.0 Å². The van der Waals surface area contributed by atoms with Gasteiger partial charge in [0.25, 0.3) is 5.91 Å². The third-order valence-corrected chi connectivity index (χ3v) is 2.30. The van der Waals surface area contributed by atoms with E-state index in [9.17, 15) is 4.79 Å². The lowest BCUT2D eigenvalue weighted by Crippen LogP contribution is -2.32. The summed E-state index contributed by atoms with van der Waals surface area (Å²) in [7, 11) is 0. The van der Waals surface area contributed by atoms with Gasteiger partial charge in [-0.1, -0.05) is 0 Å². The summed E-state index contributed by atoms with van der Waals surface area (Å²) in [6, 6.07) is 6.14. The van der Waals surface area contributed by atoms with E-state index in [4.69, 9.17) is 10.2 Å². The molecule has 0 radical (unpaired) electrons. The van der Waals surface area contributed by atoms with E-state index in [-0.39, 0.29) is 24.3 Å². The average Bonchev–Trinajstić information content (AvgIpc) is 2.27. The number of aliphatic hydroxyl groups is 1. The standard InChI is InChI=1S/C12H17NO3/c1-9(3-2-8-14)13-12(16)10-4-6-11(15)7-5-10/h4-7,9,14-15H,2-3,8H2,1H3,(H,13,16). The van der Waals surface area contributed by atoms with E-state index in [1.165, 1.54) is 12.1 Å². The molecule has 1 aromatic rings. The summed E-state index contributed by atoms with van der Waals surface area (Å²) in [5, 5.41) is 20.6. The number of hydrogen-bond donors (Lipinski definition) is 3. The first kappa shape index (κ1) is 12.5. The monoisotopic (exact) mass is 223 g/mol. The van der Waals surface area contributed by atoms with Crippen molar-refractivity contribution in [1.29, 1.82) is 0 Å². The predicted molar refractivity (Wildman–Crippen MR) is 61.4 cm³/mol. The van der Waals surface area contributed by atoms with E-state index < -0.39 is 0 Å². The minimum absolute atomic E-state index is 0.0356. The SMILES string of the molecule is CC(CCCO)NC(=O)c1ccc(O)cc1. The molecule has 0 fully saturated rings. The van der Waals surface area contributed by atoms with Crippen molar-refractivity contribution in [3.8, 4) is 5.75 Å². The number of phenols is 1. The van der Waals surface area contributed by atoms with Crippen molar-refractivity contribution in [1.82, 2.24) is 5.32 Å². The maximum Gasteiger partial charge on any atom is 0.251 e. The highest BCUT2D eigenvalue weighted by atomic mass is 16.3. The summed E-state index contributed by atoms with van der Waals surface area (Å²) in [5.41, 5.74) is 0.522. The maximum absolute atomic E-state index is 11.7. The smallest absolute Gasteiger partial charge is 0.251 e. The molecule has 1 aromatic carbocycles. The first-order chi connectivity index (χ1) is 7.63. The molecule has 3 N–H and O–H groups in total. The second kappa shape index (κ2) is 6.12. The van der Waals surface area contributed by atoms with Crippen LogP contribution in [0.3, 0.4) is 0 Å². The number of aromatic hydroxyl groups is 1. The van der Waals surface area contributed by atoms with E-state index in [2.05, 4.69) is 5.32 Å². The van der Waals surface area contributed by atoms with Gasteiger partial charge in [0.05, 0.1) is 0 Å². The van der Waals surface area contributed by atoms with Crippen molar-refractivity contribution in [2.24, 2.45) is 0 Å². The molecule has 1 atom stereocenters. The van der Waals surface area contributed by atoms with Gasteiger partial charge < -0.3 is 15.5 Å². The molecule has 4 nitrogen and oxygen atoms in total. The Morgan fingerprint density at radius 1 is 1.38 bits per heavy atom. The summed E-state index contributed by atoms with van der Waals surface area (Å²) in [6.45, 7) is 2.04. The molecular weight excluding hydrogens is 206 g/mol. The van der Waals surface area contributed by atoms with Crippen molar-refractivity contribution >= 4 is 5.91 Å². The Hall–Kier alpha value is -1.55. The molecule has 1 rings (SSSR count). The number of rotatable bonds is 5. The highest BCUT2D eigenvalue weighted by Gasteiger charge is 2.08. The van der Waals surface area contributed by atoms with Gasteiger partial charge in [0.15, 0.2) is 0 Å². The number of carbonyl (C=O) groups excluding carboxylic acids is 1. The van der Waals surface area contributed by atoms with Crippen LogP contribution in [0.2, 0.25) is 0 Å².